The lowest BCUT2D eigenvalue weighted by molar-refractivity contribution is 0.279. The summed E-state index contributed by atoms with van der Waals surface area (Å²) in [4.78, 5) is 5.55. The minimum absolute atomic E-state index is 0.0673. The van der Waals surface area contributed by atoms with Gasteiger partial charge in [0.25, 0.3) is 0 Å². The fourth-order valence-corrected chi connectivity index (χ4v) is 1.10. The zero-order valence-electron chi connectivity index (χ0n) is 9.46. The minimum Gasteiger partial charge on any atom is -0.370 e. The van der Waals surface area contributed by atoms with E-state index < -0.39 is 0 Å². The lowest BCUT2D eigenvalue weighted by Crippen LogP contribution is -2.38. The van der Waals surface area contributed by atoms with Gasteiger partial charge in [0, 0.05) is 13.1 Å². The smallest absolute Gasteiger partial charge is 0.221 e. The van der Waals surface area contributed by atoms with E-state index in [0.717, 1.165) is 13.1 Å². The summed E-state index contributed by atoms with van der Waals surface area (Å²) in [5.41, 5.74) is 10.5. The zero-order valence-corrected chi connectivity index (χ0v) is 9.46. The molecule has 14 heavy (non-hydrogen) atoms. The van der Waals surface area contributed by atoms with Gasteiger partial charge in [0.2, 0.25) is 5.96 Å². The Kier molecular flexibility index (Phi) is 4.40. The maximum Gasteiger partial charge on any atom is 0.221 e. The molecule has 0 radical (unpaired) electrons. The summed E-state index contributed by atoms with van der Waals surface area (Å²) in [6.45, 7) is 9.80. The number of nitrogens with two attached hydrogens (primary N) is 2. The van der Waals surface area contributed by atoms with Gasteiger partial charge in [0.15, 0.2) is 5.96 Å². The molecule has 0 atom stereocenters. The molecule has 0 amide bonds. The molecule has 0 rings (SSSR count). The van der Waals surface area contributed by atoms with Gasteiger partial charge in [-0.2, -0.15) is 4.99 Å². The summed E-state index contributed by atoms with van der Waals surface area (Å²) < 4.78 is 0. The molecule has 0 aromatic heterocycles. The largest absolute Gasteiger partial charge is 0.370 e. The monoisotopic (exact) mass is 199 g/mol. The first kappa shape index (κ1) is 12.7. The number of hydrogen-bond donors (Lipinski definition) is 3. The second kappa shape index (κ2) is 4.83. The van der Waals surface area contributed by atoms with Gasteiger partial charge in [0.1, 0.15) is 0 Å². The van der Waals surface area contributed by atoms with Crippen molar-refractivity contribution < 1.29 is 0 Å². The summed E-state index contributed by atoms with van der Waals surface area (Å²) in [6.07, 6.45) is 0. The highest BCUT2D eigenvalue weighted by atomic mass is 15.3. The molecular weight excluding hydrogens is 178 g/mol. The van der Waals surface area contributed by atoms with Crippen molar-refractivity contribution >= 4 is 11.9 Å². The summed E-state index contributed by atoms with van der Waals surface area (Å²) >= 11 is 0. The van der Waals surface area contributed by atoms with Crippen molar-refractivity contribution in [2.75, 3.05) is 13.1 Å². The molecular formula is C9H21N5. The lowest BCUT2D eigenvalue weighted by Gasteiger charge is -2.29. The van der Waals surface area contributed by atoms with Crippen LogP contribution in [-0.4, -0.2) is 29.9 Å². The standard InChI is InChI=1S/C9H21N5/c1-5-14(6-9(2,3)4)8(12)13-7(10)11/h5-6H2,1-4H3,(H5,10,11,12,13). The highest BCUT2D eigenvalue weighted by Gasteiger charge is 2.17. The van der Waals surface area contributed by atoms with Crippen molar-refractivity contribution in [3.05, 3.63) is 0 Å². The second-order valence-corrected chi connectivity index (χ2v) is 4.44. The summed E-state index contributed by atoms with van der Waals surface area (Å²) in [5, 5.41) is 7.63. The van der Waals surface area contributed by atoms with E-state index in [2.05, 4.69) is 25.8 Å². The van der Waals surface area contributed by atoms with Crippen LogP contribution in [-0.2, 0) is 0 Å². The van der Waals surface area contributed by atoms with Gasteiger partial charge in [-0.15, -0.1) is 0 Å². The number of nitrogens with zero attached hydrogens (tertiary/aromatic N) is 2. The van der Waals surface area contributed by atoms with E-state index in [4.69, 9.17) is 16.9 Å². The Bertz CT molecular complexity index is 222. The summed E-state index contributed by atoms with van der Waals surface area (Å²) in [6, 6.07) is 0. The van der Waals surface area contributed by atoms with E-state index >= 15 is 0 Å². The van der Waals surface area contributed by atoms with E-state index in [9.17, 15) is 0 Å². The number of nitrogens with one attached hydrogen (secondary N) is 1. The van der Waals surface area contributed by atoms with E-state index in [-0.39, 0.29) is 17.3 Å². The first-order valence-electron chi connectivity index (χ1n) is 4.69. The Morgan fingerprint density at radius 3 is 2.14 bits per heavy atom. The SMILES string of the molecule is CCN(CC(C)(C)C)C(=N)N=C(N)N. The van der Waals surface area contributed by atoms with E-state index in [1.54, 1.807) is 0 Å². The minimum atomic E-state index is -0.0673. The number of rotatable bonds is 2. The second-order valence-electron chi connectivity index (χ2n) is 4.44. The zero-order chi connectivity index (χ0) is 11.4. The molecule has 0 aromatic rings. The Hall–Kier alpha value is -1.26. The van der Waals surface area contributed by atoms with Gasteiger partial charge in [-0.05, 0) is 12.3 Å². The van der Waals surface area contributed by atoms with Gasteiger partial charge < -0.3 is 16.4 Å². The molecule has 0 heterocycles. The third-order valence-corrected chi connectivity index (χ3v) is 1.58. The van der Waals surface area contributed by atoms with E-state index in [1.807, 2.05) is 11.8 Å². The van der Waals surface area contributed by atoms with E-state index in [1.165, 1.54) is 0 Å². The highest BCUT2D eigenvalue weighted by molar-refractivity contribution is 5.91. The van der Waals surface area contributed by atoms with Gasteiger partial charge in [-0.25, -0.2) is 0 Å². The molecule has 0 bridgehead atoms. The lowest BCUT2D eigenvalue weighted by atomic mass is 9.96. The Labute approximate surface area is 85.7 Å². The van der Waals surface area contributed by atoms with Crippen LogP contribution >= 0.6 is 0 Å². The molecule has 0 aromatic carbocycles. The normalized spacial score (nSPS) is 10.9. The van der Waals surface area contributed by atoms with Crippen LogP contribution in [0.3, 0.4) is 0 Å². The predicted octanol–water partition coefficient (Wildman–Crippen LogP) is 0.563. The number of aliphatic imine (C=N–C) groups is 1. The van der Waals surface area contributed by atoms with Gasteiger partial charge in [-0.3, -0.25) is 5.41 Å². The third kappa shape index (κ3) is 5.40. The van der Waals surface area contributed by atoms with E-state index in [0.29, 0.717) is 0 Å². The quantitative estimate of drug-likeness (QED) is 0.448. The average molecular weight is 199 g/mol. The van der Waals surface area contributed by atoms with Crippen LogP contribution in [0.25, 0.3) is 0 Å². The molecule has 0 aliphatic carbocycles. The number of guanidine groups is 2. The van der Waals surface area contributed by atoms with Crippen LogP contribution in [0.4, 0.5) is 0 Å². The van der Waals surface area contributed by atoms with Crippen molar-refractivity contribution in [2.24, 2.45) is 21.9 Å². The van der Waals surface area contributed by atoms with Gasteiger partial charge >= 0.3 is 0 Å². The molecule has 0 unspecified atom stereocenters. The molecule has 0 aliphatic rings. The van der Waals surface area contributed by atoms with Crippen molar-refractivity contribution in [3.8, 4) is 0 Å². The number of hydrogen-bond acceptors (Lipinski definition) is 1. The highest BCUT2D eigenvalue weighted by Crippen LogP contribution is 2.15. The molecule has 5 N–H and O–H groups in total. The average Bonchev–Trinajstić information content (AvgIpc) is 1.96. The molecule has 82 valence electrons. The fourth-order valence-electron chi connectivity index (χ4n) is 1.10. The van der Waals surface area contributed by atoms with Crippen molar-refractivity contribution in [1.29, 1.82) is 5.41 Å². The van der Waals surface area contributed by atoms with Crippen LogP contribution in [0.15, 0.2) is 4.99 Å². The first-order chi connectivity index (χ1) is 6.26. The van der Waals surface area contributed by atoms with Crippen molar-refractivity contribution in [2.45, 2.75) is 27.7 Å². The first-order valence-corrected chi connectivity index (χ1v) is 4.69. The molecule has 0 saturated carbocycles. The predicted molar refractivity (Wildman–Crippen MR) is 60.2 cm³/mol. The van der Waals surface area contributed by atoms with Crippen molar-refractivity contribution in [3.63, 3.8) is 0 Å². The Morgan fingerprint density at radius 1 is 1.36 bits per heavy atom. The van der Waals surface area contributed by atoms with Crippen LogP contribution in [0, 0.1) is 10.8 Å². The molecule has 5 nitrogen and oxygen atoms in total. The maximum atomic E-state index is 7.63. The Balaban J connectivity index is 4.43. The molecule has 5 heteroatoms. The third-order valence-electron chi connectivity index (χ3n) is 1.58. The fraction of sp³-hybridized carbons (Fsp3) is 0.778. The van der Waals surface area contributed by atoms with Crippen molar-refractivity contribution in [1.82, 2.24) is 4.90 Å². The maximum absolute atomic E-state index is 7.63. The van der Waals surface area contributed by atoms with Gasteiger partial charge in [0.05, 0.1) is 0 Å². The molecule has 0 fully saturated rings. The van der Waals surface area contributed by atoms with Crippen LogP contribution < -0.4 is 11.5 Å². The van der Waals surface area contributed by atoms with Crippen LogP contribution in [0.1, 0.15) is 27.7 Å². The Morgan fingerprint density at radius 2 is 1.86 bits per heavy atom. The van der Waals surface area contributed by atoms with Crippen LogP contribution in [0.2, 0.25) is 0 Å². The molecule has 0 aliphatic heterocycles. The summed E-state index contributed by atoms with van der Waals surface area (Å²) in [5.74, 6) is 0.0600. The van der Waals surface area contributed by atoms with Crippen LogP contribution in [0.5, 0.6) is 0 Å². The molecule has 0 spiro atoms. The topological polar surface area (TPSA) is 91.5 Å². The van der Waals surface area contributed by atoms with Gasteiger partial charge in [-0.1, -0.05) is 20.8 Å². The molecule has 0 saturated heterocycles. The summed E-state index contributed by atoms with van der Waals surface area (Å²) in [7, 11) is 0.